The summed E-state index contributed by atoms with van der Waals surface area (Å²) in [6, 6.07) is -0.784. The van der Waals surface area contributed by atoms with Crippen LogP contribution in [0.2, 0.25) is 0 Å². The van der Waals surface area contributed by atoms with Crippen molar-refractivity contribution < 1.29 is 14.7 Å². The Balaban J connectivity index is 2.46. The van der Waals surface area contributed by atoms with E-state index < -0.39 is 12.0 Å². The number of carbonyl (C=O) groups is 2. The van der Waals surface area contributed by atoms with E-state index in [9.17, 15) is 9.59 Å². The fourth-order valence-electron chi connectivity index (χ4n) is 1.21. The molecule has 1 saturated carbocycles. The lowest BCUT2D eigenvalue weighted by atomic mass is 10.1. The van der Waals surface area contributed by atoms with Crippen LogP contribution in [0.15, 0.2) is 11.6 Å². The number of hydrogen-bond donors (Lipinski definition) is 2. The molecule has 84 valence electrons. The van der Waals surface area contributed by atoms with E-state index in [2.05, 4.69) is 5.32 Å². The van der Waals surface area contributed by atoms with Crippen molar-refractivity contribution in [3.63, 3.8) is 0 Å². The van der Waals surface area contributed by atoms with Crippen LogP contribution in [0.5, 0.6) is 0 Å². The van der Waals surface area contributed by atoms with E-state index in [1.165, 1.54) is 0 Å². The molecule has 1 aliphatic carbocycles. The third-order valence-corrected chi connectivity index (χ3v) is 2.32. The van der Waals surface area contributed by atoms with E-state index in [1.807, 2.05) is 19.9 Å². The summed E-state index contributed by atoms with van der Waals surface area (Å²) >= 11 is 0. The van der Waals surface area contributed by atoms with Crippen molar-refractivity contribution >= 4 is 11.9 Å². The second-order valence-electron chi connectivity index (χ2n) is 4.19. The van der Waals surface area contributed by atoms with Crippen molar-refractivity contribution in [3.05, 3.63) is 11.6 Å². The molecular formula is C11H17NO3. The molecule has 0 unspecified atom stereocenters. The molecule has 0 aromatic carbocycles. The van der Waals surface area contributed by atoms with Gasteiger partial charge in [0.05, 0.1) is 0 Å². The fourth-order valence-corrected chi connectivity index (χ4v) is 1.21. The number of nitrogens with one attached hydrogen (secondary N) is 1. The minimum atomic E-state index is -0.971. The molecule has 0 aromatic rings. The summed E-state index contributed by atoms with van der Waals surface area (Å²) in [5.74, 6) is -1.04. The van der Waals surface area contributed by atoms with Gasteiger partial charge in [-0.15, -0.1) is 0 Å². The maximum absolute atomic E-state index is 11.4. The van der Waals surface area contributed by atoms with Crippen LogP contribution < -0.4 is 5.32 Å². The van der Waals surface area contributed by atoms with Gasteiger partial charge in [0.15, 0.2) is 0 Å². The number of rotatable bonds is 5. The minimum Gasteiger partial charge on any atom is -0.480 e. The monoisotopic (exact) mass is 211 g/mol. The van der Waals surface area contributed by atoms with Crippen LogP contribution in [0.25, 0.3) is 0 Å². The summed E-state index contributed by atoms with van der Waals surface area (Å²) in [7, 11) is 0. The van der Waals surface area contributed by atoms with Gasteiger partial charge < -0.3 is 10.4 Å². The van der Waals surface area contributed by atoms with Crippen LogP contribution in [0.3, 0.4) is 0 Å². The number of amides is 1. The highest BCUT2D eigenvalue weighted by molar-refractivity contribution is 5.86. The van der Waals surface area contributed by atoms with Crippen molar-refractivity contribution in [2.24, 2.45) is 5.92 Å². The summed E-state index contributed by atoms with van der Waals surface area (Å²) in [5, 5.41) is 11.4. The van der Waals surface area contributed by atoms with Gasteiger partial charge in [0, 0.05) is 5.92 Å². The molecule has 1 atom stereocenters. The number of carboxylic acid groups (broad SMARTS) is 1. The third-order valence-electron chi connectivity index (χ3n) is 2.32. The van der Waals surface area contributed by atoms with Crippen molar-refractivity contribution in [1.82, 2.24) is 5.32 Å². The Kier molecular flexibility index (Phi) is 3.88. The van der Waals surface area contributed by atoms with Gasteiger partial charge in [-0.1, -0.05) is 11.6 Å². The molecule has 0 spiro atoms. The first kappa shape index (κ1) is 11.8. The molecule has 15 heavy (non-hydrogen) atoms. The predicted octanol–water partition coefficient (Wildman–Crippen LogP) is 1.32. The van der Waals surface area contributed by atoms with E-state index >= 15 is 0 Å². The normalized spacial score (nSPS) is 16.7. The first-order valence-corrected chi connectivity index (χ1v) is 5.17. The SMILES string of the molecule is CC(C)=CC[C@H](NC(=O)C1CC1)C(=O)O. The molecule has 0 aromatic heterocycles. The van der Waals surface area contributed by atoms with Crippen molar-refractivity contribution in [3.8, 4) is 0 Å². The Morgan fingerprint density at radius 1 is 1.47 bits per heavy atom. The zero-order chi connectivity index (χ0) is 11.4. The van der Waals surface area contributed by atoms with E-state index in [0.717, 1.165) is 18.4 Å². The molecule has 2 N–H and O–H groups in total. The van der Waals surface area contributed by atoms with Gasteiger partial charge in [-0.2, -0.15) is 0 Å². The van der Waals surface area contributed by atoms with E-state index in [0.29, 0.717) is 6.42 Å². The average molecular weight is 211 g/mol. The Morgan fingerprint density at radius 2 is 2.07 bits per heavy atom. The standard InChI is InChI=1S/C11H17NO3/c1-7(2)3-6-9(11(14)15)12-10(13)8-4-5-8/h3,8-9H,4-6H2,1-2H3,(H,12,13)(H,14,15)/t9-/m0/s1. The predicted molar refractivity (Wildman–Crippen MR) is 56.3 cm³/mol. The quantitative estimate of drug-likeness (QED) is 0.674. The second-order valence-corrected chi connectivity index (χ2v) is 4.19. The highest BCUT2D eigenvalue weighted by Crippen LogP contribution is 2.28. The average Bonchev–Trinajstić information content (AvgIpc) is 2.93. The minimum absolute atomic E-state index is 0.0542. The molecule has 0 radical (unpaired) electrons. The van der Waals surface area contributed by atoms with Gasteiger partial charge in [-0.05, 0) is 33.1 Å². The van der Waals surface area contributed by atoms with Crippen molar-refractivity contribution in [2.75, 3.05) is 0 Å². The van der Waals surface area contributed by atoms with E-state index in [4.69, 9.17) is 5.11 Å². The summed E-state index contributed by atoms with van der Waals surface area (Å²) < 4.78 is 0. The number of hydrogen-bond acceptors (Lipinski definition) is 2. The van der Waals surface area contributed by atoms with E-state index in [1.54, 1.807) is 0 Å². The van der Waals surface area contributed by atoms with Crippen LogP contribution in [-0.4, -0.2) is 23.0 Å². The summed E-state index contributed by atoms with van der Waals surface area (Å²) in [6.07, 6.45) is 3.96. The van der Waals surface area contributed by atoms with Crippen LogP contribution >= 0.6 is 0 Å². The molecule has 4 heteroatoms. The number of carboxylic acids is 1. The van der Waals surface area contributed by atoms with Crippen LogP contribution in [0.1, 0.15) is 33.1 Å². The molecule has 0 heterocycles. The van der Waals surface area contributed by atoms with E-state index in [-0.39, 0.29) is 11.8 Å². The second kappa shape index (κ2) is 4.96. The summed E-state index contributed by atoms with van der Waals surface area (Å²) in [5.41, 5.74) is 1.06. The molecule has 1 fully saturated rings. The zero-order valence-corrected chi connectivity index (χ0v) is 9.12. The highest BCUT2D eigenvalue weighted by Gasteiger charge is 2.32. The summed E-state index contributed by atoms with van der Waals surface area (Å²) in [6.45, 7) is 3.81. The molecule has 1 amide bonds. The largest absolute Gasteiger partial charge is 0.480 e. The lowest BCUT2D eigenvalue weighted by Crippen LogP contribution is -2.41. The van der Waals surface area contributed by atoms with Gasteiger partial charge in [0.2, 0.25) is 5.91 Å². The highest BCUT2D eigenvalue weighted by atomic mass is 16.4. The third kappa shape index (κ3) is 4.14. The Bertz CT molecular complexity index is 288. The molecule has 0 aliphatic heterocycles. The molecule has 1 rings (SSSR count). The fraction of sp³-hybridized carbons (Fsp3) is 0.636. The van der Waals surface area contributed by atoms with Crippen molar-refractivity contribution in [1.29, 1.82) is 0 Å². The zero-order valence-electron chi connectivity index (χ0n) is 9.12. The van der Waals surface area contributed by atoms with Crippen LogP contribution in [0.4, 0.5) is 0 Å². The van der Waals surface area contributed by atoms with Gasteiger partial charge in [-0.3, -0.25) is 4.79 Å². The lowest BCUT2D eigenvalue weighted by Gasteiger charge is -2.12. The Morgan fingerprint density at radius 3 is 2.47 bits per heavy atom. The first-order valence-electron chi connectivity index (χ1n) is 5.17. The smallest absolute Gasteiger partial charge is 0.326 e. The van der Waals surface area contributed by atoms with Gasteiger partial charge in [-0.25, -0.2) is 4.79 Å². The van der Waals surface area contributed by atoms with Gasteiger partial charge in [0.25, 0.3) is 0 Å². The summed E-state index contributed by atoms with van der Waals surface area (Å²) in [4.78, 5) is 22.2. The maximum Gasteiger partial charge on any atom is 0.326 e. The van der Waals surface area contributed by atoms with Crippen molar-refractivity contribution in [2.45, 2.75) is 39.2 Å². The van der Waals surface area contributed by atoms with Crippen LogP contribution in [0, 0.1) is 5.92 Å². The number of allylic oxidation sites excluding steroid dienone is 1. The molecule has 0 saturated heterocycles. The molecule has 1 aliphatic rings. The number of aliphatic carboxylic acids is 1. The van der Waals surface area contributed by atoms with Crippen LogP contribution in [-0.2, 0) is 9.59 Å². The Labute approximate surface area is 89.4 Å². The van der Waals surface area contributed by atoms with Gasteiger partial charge in [0.1, 0.15) is 6.04 Å². The van der Waals surface area contributed by atoms with Gasteiger partial charge >= 0.3 is 5.97 Å². The number of carbonyl (C=O) groups excluding carboxylic acids is 1. The topological polar surface area (TPSA) is 66.4 Å². The maximum atomic E-state index is 11.4. The Hall–Kier alpha value is -1.32. The lowest BCUT2D eigenvalue weighted by molar-refractivity contribution is -0.141. The molecule has 4 nitrogen and oxygen atoms in total. The molecular weight excluding hydrogens is 194 g/mol. The first-order chi connectivity index (χ1) is 7.00. The molecule has 0 bridgehead atoms.